The summed E-state index contributed by atoms with van der Waals surface area (Å²) in [6.07, 6.45) is 6.86. The lowest BCUT2D eigenvalue weighted by Gasteiger charge is -2.46. The molecule has 5 aromatic rings. The smallest absolute Gasteiger partial charge is 0.282 e. The summed E-state index contributed by atoms with van der Waals surface area (Å²) in [4.78, 5) is 32.0. The average Bonchev–Trinajstić information content (AvgIpc) is 3.47. The number of aromatic amines is 1. The molecule has 4 aromatic heterocycles. The Hall–Kier alpha value is -4.01. The summed E-state index contributed by atoms with van der Waals surface area (Å²) >= 11 is 0. The number of rotatable bonds is 5. The maximum absolute atomic E-state index is 13.5. The van der Waals surface area contributed by atoms with Crippen LogP contribution in [0.4, 0.5) is 5.82 Å². The van der Waals surface area contributed by atoms with E-state index < -0.39 is 0 Å². The molecule has 6 rings (SSSR count). The zero-order valence-electron chi connectivity index (χ0n) is 17.6. The van der Waals surface area contributed by atoms with Gasteiger partial charge >= 0.3 is 0 Å². The van der Waals surface area contributed by atoms with Crippen LogP contribution in [0.3, 0.4) is 0 Å². The summed E-state index contributed by atoms with van der Waals surface area (Å²) in [6.45, 7) is 3.03. The van der Waals surface area contributed by atoms with E-state index in [0.29, 0.717) is 11.2 Å². The van der Waals surface area contributed by atoms with Crippen LogP contribution in [-0.2, 0) is 0 Å². The van der Waals surface area contributed by atoms with Crippen LogP contribution in [0.5, 0.6) is 0 Å². The maximum atomic E-state index is 13.5. The Morgan fingerprint density at radius 2 is 2.00 bits per heavy atom. The molecule has 32 heavy (non-hydrogen) atoms. The molecule has 0 spiro atoms. The monoisotopic (exact) mass is 426 g/mol. The molecule has 1 N–H and O–H groups in total. The van der Waals surface area contributed by atoms with E-state index in [0.717, 1.165) is 42.2 Å². The molecule has 160 valence electrons. The molecule has 0 aliphatic carbocycles. The molecule has 9 heteroatoms. The van der Waals surface area contributed by atoms with Gasteiger partial charge in [-0.3, -0.25) is 9.36 Å². The summed E-state index contributed by atoms with van der Waals surface area (Å²) in [5, 5.41) is 4.93. The van der Waals surface area contributed by atoms with E-state index in [4.69, 9.17) is 5.10 Å². The third-order valence-electron chi connectivity index (χ3n) is 6.38. The number of imidazole rings is 1. The zero-order chi connectivity index (χ0) is 21.7. The van der Waals surface area contributed by atoms with Crippen molar-refractivity contribution >= 4 is 22.5 Å². The van der Waals surface area contributed by atoms with E-state index in [1.807, 2.05) is 48.7 Å². The molecule has 9 nitrogen and oxygen atoms in total. The number of anilines is 1. The molecule has 2 atom stereocenters. The minimum absolute atomic E-state index is 0.0383. The number of nitrogens with one attached hydrogen (secondary N) is 1. The fourth-order valence-electron chi connectivity index (χ4n) is 4.75. The number of H-pyrrole nitrogens is 1. The van der Waals surface area contributed by atoms with Crippen molar-refractivity contribution in [2.75, 3.05) is 11.4 Å². The third kappa shape index (κ3) is 2.74. The lowest BCUT2D eigenvalue weighted by atomic mass is 9.86. The molecule has 1 aliphatic heterocycles. The van der Waals surface area contributed by atoms with Crippen LogP contribution in [0.1, 0.15) is 31.5 Å². The van der Waals surface area contributed by atoms with Crippen molar-refractivity contribution in [3.63, 3.8) is 0 Å². The SMILES string of the molecule is CCC(c1nn2cccc2c(=O)n1-c1ccccc1)[C@@H]1CCN1c1ncnc2nc[nH]c12. The van der Waals surface area contributed by atoms with Gasteiger partial charge in [0.2, 0.25) is 0 Å². The van der Waals surface area contributed by atoms with Crippen molar-refractivity contribution in [1.29, 1.82) is 0 Å². The van der Waals surface area contributed by atoms with E-state index in [1.165, 1.54) is 0 Å². The number of fused-ring (bicyclic) bond motifs is 2. The molecule has 1 fully saturated rings. The summed E-state index contributed by atoms with van der Waals surface area (Å²) in [5.74, 6) is 1.64. The van der Waals surface area contributed by atoms with E-state index in [-0.39, 0.29) is 17.5 Å². The predicted molar refractivity (Wildman–Crippen MR) is 121 cm³/mol. The van der Waals surface area contributed by atoms with Crippen LogP contribution in [0.2, 0.25) is 0 Å². The van der Waals surface area contributed by atoms with Gasteiger partial charge in [0.05, 0.1) is 12.0 Å². The Bertz CT molecular complexity index is 1470. The molecule has 5 heterocycles. The Morgan fingerprint density at radius 3 is 2.78 bits per heavy atom. The van der Waals surface area contributed by atoms with Gasteiger partial charge in [0, 0.05) is 24.7 Å². The highest BCUT2D eigenvalue weighted by atomic mass is 16.1. The number of para-hydroxylation sites is 1. The second kappa shape index (κ2) is 7.30. The first-order chi connectivity index (χ1) is 15.8. The average molecular weight is 426 g/mol. The van der Waals surface area contributed by atoms with Crippen molar-refractivity contribution in [3.8, 4) is 5.69 Å². The number of hydrogen-bond acceptors (Lipinski definition) is 6. The molecule has 1 saturated heterocycles. The quantitative estimate of drug-likeness (QED) is 0.464. The first-order valence-electron chi connectivity index (χ1n) is 10.8. The molecule has 1 aromatic carbocycles. The molecule has 1 unspecified atom stereocenters. The highest BCUT2D eigenvalue weighted by Crippen LogP contribution is 2.38. The van der Waals surface area contributed by atoms with Gasteiger partial charge in [-0.05, 0) is 37.1 Å². The third-order valence-corrected chi connectivity index (χ3v) is 6.38. The van der Waals surface area contributed by atoms with Crippen molar-refractivity contribution in [2.24, 2.45) is 0 Å². The highest BCUT2D eigenvalue weighted by molar-refractivity contribution is 5.83. The molecule has 0 bridgehead atoms. The first kappa shape index (κ1) is 18.7. The van der Waals surface area contributed by atoms with Crippen molar-refractivity contribution in [1.82, 2.24) is 34.1 Å². The second-order valence-corrected chi connectivity index (χ2v) is 8.03. The van der Waals surface area contributed by atoms with Gasteiger partial charge in [0.25, 0.3) is 5.56 Å². The van der Waals surface area contributed by atoms with Crippen LogP contribution in [0, 0.1) is 0 Å². The van der Waals surface area contributed by atoms with Crippen LogP contribution >= 0.6 is 0 Å². The van der Waals surface area contributed by atoms with Gasteiger partial charge in [-0.15, -0.1) is 0 Å². The summed E-state index contributed by atoms with van der Waals surface area (Å²) in [5.41, 5.74) is 2.82. The Labute approximate surface area is 183 Å². The Balaban J connectivity index is 1.50. The van der Waals surface area contributed by atoms with Gasteiger partial charge in [-0.2, -0.15) is 5.10 Å². The standard InChI is InChI=1S/C23H22N8O/c1-2-16(17-10-12-29(17)22-19-20(25-13-24-19)26-14-27-22)21-28-30-11-6-9-18(30)23(32)31(21)15-7-4-3-5-8-15/h3-9,11,13-14,16-17H,2,10,12H2,1H3,(H,24,25,26,27)/t16?,17-/m0/s1. The molecule has 0 saturated carbocycles. The van der Waals surface area contributed by atoms with E-state index >= 15 is 0 Å². The van der Waals surface area contributed by atoms with Gasteiger partial charge in [-0.25, -0.2) is 19.5 Å². The van der Waals surface area contributed by atoms with Gasteiger partial charge in [0.1, 0.15) is 23.2 Å². The lowest BCUT2D eigenvalue weighted by molar-refractivity contribution is 0.353. The topological polar surface area (TPSA) is 97.0 Å². The minimum atomic E-state index is -0.0616. The van der Waals surface area contributed by atoms with Crippen molar-refractivity contribution in [3.05, 3.63) is 77.5 Å². The fraction of sp³-hybridized carbons (Fsp3) is 0.261. The van der Waals surface area contributed by atoms with Gasteiger partial charge < -0.3 is 9.88 Å². The molecule has 1 aliphatic rings. The van der Waals surface area contributed by atoms with E-state index in [2.05, 4.69) is 31.8 Å². The van der Waals surface area contributed by atoms with E-state index in [1.54, 1.807) is 21.7 Å². The molecular formula is C23H22N8O. The predicted octanol–water partition coefficient (Wildman–Crippen LogP) is 2.92. The number of aromatic nitrogens is 7. The van der Waals surface area contributed by atoms with Crippen LogP contribution in [0.25, 0.3) is 22.4 Å². The maximum Gasteiger partial charge on any atom is 0.282 e. The van der Waals surface area contributed by atoms with Crippen LogP contribution in [-0.4, -0.2) is 46.7 Å². The molecular weight excluding hydrogens is 404 g/mol. The van der Waals surface area contributed by atoms with Gasteiger partial charge in [-0.1, -0.05) is 25.1 Å². The number of benzene rings is 1. The summed E-state index contributed by atoms with van der Waals surface area (Å²) in [6, 6.07) is 13.6. The van der Waals surface area contributed by atoms with Crippen molar-refractivity contribution in [2.45, 2.75) is 31.7 Å². The molecule has 0 radical (unpaired) electrons. The Morgan fingerprint density at radius 1 is 1.12 bits per heavy atom. The number of nitrogens with zero attached hydrogens (tertiary/aromatic N) is 7. The zero-order valence-corrected chi connectivity index (χ0v) is 17.6. The number of hydrogen-bond donors (Lipinski definition) is 1. The summed E-state index contributed by atoms with van der Waals surface area (Å²) in [7, 11) is 0. The lowest BCUT2D eigenvalue weighted by Crippen LogP contribution is -2.52. The van der Waals surface area contributed by atoms with Gasteiger partial charge in [0.15, 0.2) is 11.5 Å². The minimum Gasteiger partial charge on any atom is -0.351 e. The normalized spacial score (nSPS) is 17.0. The van der Waals surface area contributed by atoms with Crippen LogP contribution in [0.15, 0.2) is 66.1 Å². The first-order valence-corrected chi connectivity index (χ1v) is 10.8. The fourth-order valence-corrected chi connectivity index (χ4v) is 4.75. The van der Waals surface area contributed by atoms with Crippen LogP contribution < -0.4 is 10.5 Å². The largest absolute Gasteiger partial charge is 0.351 e. The molecule has 0 amide bonds. The Kier molecular flexibility index (Phi) is 4.27. The van der Waals surface area contributed by atoms with Crippen molar-refractivity contribution < 1.29 is 0 Å². The second-order valence-electron chi connectivity index (χ2n) is 8.03. The highest BCUT2D eigenvalue weighted by Gasteiger charge is 2.39. The summed E-state index contributed by atoms with van der Waals surface area (Å²) < 4.78 is 3.46. The van der Waals surface area contributed by atoms with E-state index in [9.17, 15) is 4.79 Å².